The fourth-order valence-electron chi connectivity index (χ4n) is 6.29. The van der Waals surface area contributed by atoms with Crippen LogP contribution in [0.1, 0.15) is 43.2 Å². The van der Waals surface area contributed by atoms with Crippen molar-refractivity contribution in [1.82, 2.24) is 4.90 Å². The molecule has 0 N–H and O–H groups in total. The van der Waals surface area contributed by atoms with Gasteiger partial charge in [-0.25, -0.2) is 0 Å². The maximum absolute atomic E-state index is 13.2. The molecule has 0 amide bonds. The first kappa shape index (κ1) is 16.6. The van der Waals surface area contributed by atoms with Crippen LogP contribution >= 0.6 is 0 Å². The van der Waals surface area contributed by atoms with Gasteiger partial charge >= 0.3 is 11.9 Å². The standard InChI is InChI=1S/C20H25NO4/c1-11-20(18(23)25-5)14-10-19(2,21(11)3)16(17(22)24-4)15(20)13-9-7-6-8-12(13)14/h6-9,11,14-16H,10H2,1-5H3/t11?,14?,15?,16-,19+,20?/m1/s1. The molecule has 3 fully saturated rings. The molecule has 5 rings (SSSR count). The second-order valence-corrected chi connectivity index (χ2v) is 7.93. The molecule has 2 aliphatic carbocycles. The van der Waals surface area contributed by atoms with Crippen molar-refractivity contribution in [3.05, 3.63) is 35.4 Å². The zero-order chi connectivity index (χ0) is 18.1. The lowest BCUT2D eigenvalue weighted by molar-refractivity contribution is -0.205. The number of hydrogen-bond acceptors (Lipinski definition) is 5. The Balaban J connectivity index is 2.05. The average Bonchev–Trinajstić information content (AvgIpc) is 2.84. The summed E-state index contributed by atoms with van der Waals surface area (Å²) in [4.78, 5) is 28.3. The lowest BCUT2D eigenvalue weighted by Gasteiger charge is -2.66. The molecule has 5 heteroatoms. The topological polar surface area (TPSA) is 55.8 Å². The molecule has 25 heavy (non-hydrogen) atoms. The van der Waals surface area contributed by atoms with Gasteiger partial charge in [0.2, 0.25) is 0 Å². The fraction of sp³-hybridized carbons (Fsp3) is 0.600. The third kappa shape index (κ3) is 1.63. The van der Waals surface area contributed by atoms with E-state index in [1.807, 2.05) is 19.2 Å². The summed E-state index contributed by atoms with van der Waals surface area (Å²) >= 11 is 0. The Kier molecular flexibility index (Phi) is 3.36. The lowest BCUT2D eigenvalue weighted by atomic mass is 9.47. The monoisotopic (exact) mass is 343 g/mol. The molecule has 4 bridgehead atoms. The minimum atomic E-state index is -0.746. The van der Waals surface area contributed by atoms with Gasteiger partial charge < -0.3 is 9.47 Å². The molecule has 0 spiro atoms. The van der Waals surface area contributed by atoms with E-state index in [1.165, 1.54) is 19.8 Å². The van der Waals surface area contributed by atoms with Crippen molar-refractivity contribution in [2.75, 3.05) is 21.3 Å². The lowest BCUT2D eigenvalue weighted by Crippen LogP contribution is -2.75. The first-order valence-electron chi connectivity index (χ1n) is 8.83. The number of carbonyl (C=O) groups excluding carboxylic acids is 2. The van der Waals surface area contributed by atoms with Crippen molar-refractivity contribution in [2.24, 2.45) is 11.3 Å². The molecule has 2 saturated heterocycles. The number of hydrogen-bond donors (Lipinski definition) is 0. The maximum atomic E-state index is 13.2. The van der Waals surface area contributed by atoms with E-state index in [2.05, 4.69) is 30.9 Å². The zero-order valence-corrected chi connectivity index (χ0v) is 15.4. The van der Waals surface area contributed by atoms with Crippen molar-refractivity contribution < 1.29 is 19.1 Å². The number of nitrogens with zero attached hydrogens (tertiary/aromatic N) is 1. The molecule has 2 heterocycles. The van der Waals surface area contributed by atoms with E-state index in [1.54, 1.807) is 0 Å². The molecule has 2 aliphatic heterocycles. The summed E-state index contributed by atoms with van der Waals surface area (Å²) in [7, 11) is 4.89. The van der Waals surface area contributed by atoms with Crippen LogP contribution < -0.4 is 0 Å². The molecule has 134 valence electrons. The molecule has 4 aliphatic rings. The smallest absolute Gasteiger partial charge is 0.314 e. The van der Waals surface area contributed by atoms with Crippen molar-refractivity contribution in [1.29, 1.82) is 0 Å². The third-order valence-electron chi connectivity index (χ3n) is 7.49. The van der Waals surface area contributed by atoms with Gasteiger partial charge in [-0.1, -0.05) is 24.3 Å². The van der Waals surface area contributed by atoms with Gasteiger partial charge in [0.1, 0.15) is 0 Å². The van der Waals surface area contributed by atoms with E-state index >= 15 is 0 Å². The predicted molar refractivity (Wildman–Crippen MR) is 92.1 cm³/mol. The Morgan fingerprint density at radius 1 is 1.16 bits per heavy atom. The van der Waals surface area contributed by atoms with Crippen molar-refractivity contribution in [2.45, 2.75) is 43.7 Å². The van der Waals surface area contributed by atoms with Gasteiger partial charge in [0, 0.05) is 23.4 Å². The van der Waals surface area contributed by atoms with Crippen LogP contribution in [0, 0.1) is 11.3 Å². The molecular weight excluding hydrogens is 318 g/mol. The molecule has 0 radical (unpaired) electrons. The highest BCUT2D eigenvalue weighted by atomic mass is 16.5. The van der Waals surface area contributed by atoms with Crippen molar-refractivity contribution in [3.8, 4) is 0 Å². The molecule has 5 nitrogen and oxygen atoms in total. The maximum Gasteiger partial charge on any atom is 0.314 e. The van der Waals surface area contributed by atoms with E-state index < -0.39 is 11.3 Å². The first-order chi connectivity index (χ1) is 11.9. The van der Waals surface area contributed by atoms with Gasteiger partial charge in [0.15, 0.2) is 0 Å². The Morgan fingerprint density at radius 2 is 1.80 bits per heavy atom. The third-order valence-corrected chi connectivity index (χ3v) is 7.49. The Labute approximate surface area is 148 Å². The van der Waals surface area contributed by atoms with Crippen LogP contribution in [-0.2, 0) is 19.1 Å². The average molecular weight is 343 g/mol. The van der Waals surface area contributed by atoms with E-state index in [0.717, 1.165) is 12.0 Å². The largest absolute Gasteiger partial charge is 0.469 e. The molecule has 1 aromatic rings. The van der Waals surface area contributed by atoms with E-state index in [0.29, 0.717) is 0 Å². The number of fused-ring (bicyclic) bond motifs is 2. The number of esters is 2. The van der Waals surface area contributed by atoms with E-state index in [-0.39, 0.29) is 35.4 Å². The Bertz CT molecular complexity index is 762. The highest BCUT2D eigenvalue weighted by Crippen LogP contribution is 2.73. The minimum Gasteiger partial charge on any atom is -0.469 e. The normalized spacial score (nSPS) is 41.3. The van der Waals surface area contributed by atoms with Crippen LogP contribution in [0.2, 0.25) is 0 Å². The number of ether oxygens (including phenoxy) is 2. The van der Waals surface area contributed by atoms with E-state index in [9.17, 15) is 9.59 Å². The van der Waals surface area contributed by atoms with Gasteiger partial charge in [0.05, 0.1) is 25.6 Å². The summed E-state index contributed by atoms with van der Waals surface area (Å²) in [6, 6.07) is 8.15. The number of carbonyl (C=O) groups is 2. The summed E-state index contributed by atoms with van der Waals surface area (Å²) < 4.78 is 10.5. The molecule has 4 unspecified atom stereocenters. The Morgan fingerprint density at radius 3 is 2.40 bits per heavy atom. The van der Waals surface area contributed by atoms with Crippen LogP contribution in [0.5, 0.6) is 0 Å². The number of methoxy groups -OCH3 is 2. The molecule has 6 atom stereocenters. The van der Waals surface area contributed by atoms with Crippen molar-refractivity contribution >= 4 is 11.9 Å². The van der Waals surface area contributed by atoms with Gasteiger partial charge in [-0.3, -0.25) is 14.5 Å². The summed E-state index contributed by atoms with van der Waals surface area (Å²) in [5.74, 6) is -0.988. The van der Waals surface area contributed by atoms with Crippen LogP contribution in [0.25, 0.3) is 0 Å². The number of rotatable bonds is 2. The van der Waals surface area contributed by atoms with Crippen LogP contribution in [0.4, 0.5) is 0 Å². The van der Waals surface area contributed by atoms with Crippen LogP contribution in [-0.4, -0.2) is 49.7 Å². The summed E-state index contributed by atoms with van der Waals surface area (Å²) in [6.07, 6.45) is 0.746. The predicted octanol–water partition coefficient (Wildman–Crippen LogP) is 2.31. The number of piperidine rings is 2. The zero-order valence-electron chi connectivity index (χ0n) is 15.4. The summed E-state index contributed by atoms with van der Waals surface area (Å²) in [6.45, 7) is 4.23. The van der Waals surface area contributed by atoms with Crippen molar-refractivity contribution in [3.63, 3.8) is 0 Å². The fourth-order valence-corrected chi connectivity index (χ4v) is 6.29. The van der Waals surface area contributed by atoms with Crippen LogP contribution in [0.15, 0.2) is 24.3 Å². The molecule has 1 saturated carbocycles. The van der Waals surface area contributed by atoms with Gasteiger partial charge in [-0.05, 0) is 38.4 Å². The minimum absolute atomic E-state index is 0.0259. The number of benzene rings is 1. The van der Waals surface area contributed by atoms with Crippen LogP contribution in [0.3, 0.4) is 0 Å². The molecule has 1 aromatic carbocycles. The summed E-state index contributed by atoms with van der Waals surface area (Å²) in [5, 5.41) is 0. The first-order valence-corrected chi connectivity index (χ1v) is 8.83. The molecular formula is C20H25NO4. The second kappa shape index (κ2) is 5.07. The molecule has 0 aromatic heterocycles. The Hall–Kier alpha value is -1.88. The van der Waals surface area contributed by atoms with Gasteiger partial charge in [-0.15, -0.1) is 0 Å². The highest BCUT2D eigenvalue weighted by molar-refractivity contribution is 5.88. The quantitative estimate of drug-likeness (QED) is 0.772. The second-order valence-electron chi connectivity index (χ2n) is 7.93. The van der Waals surface area contributed by atoms with Gasteiger partial charge in [0.25, 0.3) is 0 Å². The van der Waals surface area contributed by atoms with Gasteiger partial charge in [-0.2, -0.15) is 0 Å². The SMILES string of the molecule is COC(=O)[C@H]1C2c3ccccc3C3C[C@]1(C)N(C)C(C)C32C(=O)OC. The summed E-state index contributed by atoms with van der Waals surface area (Å²) in [5.41, 5.74) is 1.20. The van der Waals surface area contributed by atoms with E-state index in [4.69, 9.17) is 9.47 Å². The highest BCUT2D eigenvalue weighted by Gasteiger charge is 2.77.